The van der Waals surface area contributed by atoms with Crippen LogP contribution in [0.25, 0.3) is 0 Å². The first-order valence-corrected chi connectivity index (χ1v) is 10.2. The highest BCUT2D eigenvalue weighted by molar-refractivity contribution is 5.94. The van der Waals surface area contributed by atoms with Crippen molar-refractivity contribution in [3.8, 4) is 0 Å². The third kappa shape index (κ3) is 4.90. The van der Waals surface area contributed by atoms with Crippen LogP contribution in [0, 0.1) is 6.92 Å². The number of carbonyl (C=O) groups excluding carboxylic acids is 1. The number of amides is 1. The van der Waals surface area contributed by atoms with E-state index in [2.05, 4.69) is 14.8 Å². The summed E-state index contributed by atoms with van der Waals surface area (Å²) in [5, 5.41) is 0. The topological polar surface area (TPSA) is 61.8 Å². The number of aromatic nitrogens is 2. The quantitative estimate of drug-likeness (QED) is 0.739. The molecule has 2 aliphatic heterocycles. The van der Waals surface area contributed by atoms with Crippen molar-refractivity contribution in [3.63, 3.8) is 0 Å². The van der Waals surface area contributed by atoms with Crippen LogP contribution in [0.15, 0.2) is 30.3 Å². The number of halogens is 3. The molecule has 0 radical (unpaired) electrons. The summed E-state index contributed by atoms with van der Waals surface area (Å²) in [7, 11) is 0. The predicted molar refractivity (Wildman–Crippen MR) is 109 cm³/mol. The van der Waals surface area contributed by atoms with Gasteiger partial charge >= 0.3 is 6.18 Å². The fraction of sp³-hybridized carbons (Fsp3) is 0.476. The van der Waals surface area contributed by atoms with Gasteiger partial charge in [0.15, 0.2) is 0 Å². The van der Waals surface area contributed by atoms with E-state index in [1.807, 2.05) is 13.0 Å². The van der Waals surface area contributed by atoms with Gasteiger partial charge in [0.05, 0.1) is 18.8 Å². The molecule has 1 aromatic carbocycles. The van der Waals surface area contributed by atoms with Crippen molar-refractivity contribution in [1.29, 1.82) is 0 Å². The van der Waals surface area contributed by atoms with Crippen molar-refractivity contribution in [2.24, 2.45) is 0 Å². The Morgan fingerprint density at radius 3 is 2.35 bits per heavy atom. The Morgan fingerprint density at radius 2 is 1.68 bits per heavy atom. The molecule has 4 rings (SSSR count). The minimum absolute atomic E-state index is 0.0516. The first kappa shape index (κ1) is 21.4. The summed E-state index contributed by atoms with van der Waals surface area (Å²) >= 11 is 0. The number of ether oxygens (including phenoxy) is 1. The van der Waals surface area contributed by atoms with Gasteiger partial charge in [-0.05, 0) is 25.1 Å². The summed E-state index contributed by atoms with van der Waals surface area (Å²) in [6.07, 6.45) is -4.47. The normalized spacial score (nSPS) is 17.7. The highest BCUT2D eigenvalue weighted by Gasteiger charge is 2.32. The second-order valence-electron chi connectivity index (χ2n) is 7.62. The van der Waals surface area contributed by atoms with Crippen LogP contribution in [0.1, 0.15) is 21.6 Å². The molecule has 3 heterocycles. The molecule has 2 aromatic rings. The van der Waals surface area contributed by atoms with Gasteiger partial charge < -0.3 is 19.4 Å². The van der Waals surface area contributed by atoms with Crippen molar-refractivity contribution in [1.82, 2.24) is 14.9 Å². The zero-order chi connectivity index (χ0) is 22.0. The molecule has 1 aromatic heterocycles. The van der Waals surface area contributed by atoms with E-state index >= 15 is 0 Å². The Kier molecular flexibility index (Phi) is 5.99. The number of aryl methyl sites for hydroxylation is 1. The molecule has 0 atom stereocenters. The van der Waals surface area contributed by atoms with E-state index in [0.717, 1.165) is 36.7 Å². The van der Waals surface area contributed by atoms with Gasteiger partial charge in [-0.2, -0.15) is 18.2 Å². The van der Waals surface area contributed by atoms with Crippen molar-refractivity contribution < 1.29 is 22.7 Å². The van der Waals surface area contributed by atoms with Crippen LogP contribution < -0.4 is 9.80 Å². The maximum absolute atomic E-state index is 13.0. The first-order valence-electron chi connectivity index (χ1n) is 10.2. The number of anilines is 2. The number of hydrogen-bond acceptors (Lipinski definition) is 6. The zero-order valence-electron chi connectivity index (χ0n) is 17.2. The Bertz CT molecular complexity index is 939. The number of carbonyl (C=O) groups is 1. The van der Waals surface area contributed by atoms with Gasteiger partial charge in [0.25, 0.3) is 5.91 Å². The number of morpholine rings is 1. The Labute approximate surface area is 178 Å². The molecule has 2 aliphatic rings. The molecule has 0 aliphatic carbocycles. The van der Waals surface area contributed by atoms with E-state index in [1.165, 1.54) is 12.1 Å². The summed E-state index contributed by atoms with van der Waals surface area (Å²) in [5.41, 5.74) is 0.0915. The van der Waals surface area contributed by atoms with Crippen LogP contribution in [0.5, 0.6) is 0 Å². The van der Waals surface area contributed by atoms with Crippen molar-refractivity contribution in [3.05, 3.63) is 47.2 Å². The Morgan fingerprint density at radius 1 is 0.968 bits per heavy atom. The van der Waals surface area contributed by atoms with E-state index in [9.17, 15) is 18.0 Å². The minimum Gasteiger partial charge on any atom is -0.378 e. The molecule has 0 spiro atoms. The van der Waals surface area contributed by atoms with E-state index in [4.69, 9.17) is 9.72 Å². The van der Waals surface area contributed by atoms with Crippen molar-refractivity contribution in [2.45, 2.75) is 13.1 Å². The first-order chi connectivity index (χ1) is 14.8. The van der Waals surface area contributed by atoms with Gasteiger partial charge in [-0.15, -0.1) is 0 Å². The van der Waals surface area contributed by atoms with Crippen LogP contribution in [-0.2, 0) is 10.9 Å². The monoisotopic (exact) mass is 435 g/mol. The molecular weight excluding hydrogens is 411 g/mol. The maximum atomic E-state index is 13.0. The lowest BCUT2D eigenvalue weighted by molar-refractivity contribution is -0.137. The second kappa shape index (κ2) is 8.70. The standard InChI is InChI=1S/C21H24F3N5O2/c1-15-13-18(26-20(25-15)29-9-11-31-12-10-29)27-5-7-28(8-6-27)19(30)16-3-2-4-17(14-16)21(22,23)24/h2-4,13-14H,5-12H2,1H3. The third-order valence-corrected chi connectivity index (χ3v) is 5.45. The lowest BCUT2D eigenvalue weighted by Gasteiger charge is -2.36. The highest BCUT2D eigenvalue weighted by atomic mass is 19.4. The van der Waals surface area contributed by atoms with Crippen molar-refractivity contribution >= 4 is 17.7 Å². The number of rotatable bonds is 3. The molecule has 2 saturated heterocycles. The van der Waals surface area contributed by atoms with E-state index in [1.54, 1.807) is 4.90 Å². The number of hydrogen-bond donors (Lipinski definition) is 0. The highest BCUT2D eigenvalue weighted by Crippen LogP contribution is 2.30. The maximum Gasteiger partial charge on any atom is 0.416 e. The summed E-state index contributed by atoms with van der Waals surface area (Å²) in [5.74, 6) is 1.07. The average molecular weight is 435 g/mol. The molecule has 1 amide bonds. The molecule has 10 heteroatoms. The summed E-state index contributed by atoms with van der Waals surface area (Å²) in [6.45, 7) is 6.59. The molecule has 166 valence electrons. The summed E-state index contributed by atoms with van der Waals surface area (Å²) in [6, 6.07) is 6.49. The molecular formula is C21H24F3N5O2. The van der Waals surface area contributed by atoms with Crippen LogP contribution in [0.2, 0.25) is 0 Å². The molecule has 7 nitrogen and oxygen atoms in total. The SMILES string of the molecule is Cc1cc(N2CCN(C(=O)c3cccc(C(F)(F)F)c3)CC2)nc(N2CCOCC2)n1. The second-order valence-corrected chi connectivity index (χ2v) is 7.62. The molecule has 2 fully saturated rings. The lowest BCUT2D eigenvalue weighted by Crippen LogP contribution is -2.49. The fourth-order valence-corrected chi connectivity index (χ4v) is 3.75. The Hall–Kier alpha value is -2.88. The van der Waals surface area contributed by atoms with Gasteiger partial charge in [-0.25, -0.2) is 4.98 Å². The van der Waals surface area contributed by atoms with Gasteiger partial charge in [0, 0.05) is 56.6 Å². The van der Waals surface area contributed by atoms with Crippen LogP contribution in [-0.4, -0.2) is 73.3 Å². The number of alkyl halides is 3. The van der Waals surface area contributed by atoms with Gasteiger partial charge in [-0.1, -0.05) is 6.07 Å². The predicted octanol–water partition coefficient (Wildman–Crippen LogP) is 2.60. The number of nitrogens with zero attached hydrogens (tertiary/aromatic N) is 5. The number of piperazine rings is 1. The average Bonchev–Trinajstić information content (AvgIpc) is 2.78. The summed E-state index contributed by atoms with van der Waals surface area (Å²) < 4.78 is 44.3. The van der Waals surface area contributed by atoms with Gasteiger partial charge in [-0.3, -0.25) is 4.79 Å². The third-order valence-electron chi connectivity index (χ3n) is 5.45. The molecule has 0 saturated carbocycles. The lowest BCUT2D eigenvalue weighted by atomic mass is 10.1. The van der Waals surface area contributed by atoms with Crippen LogP contribution >= 0.6 is 0 Å². The zero-order valence-corrected chi connectivity index (χ0v) is 17.2. The minimum atomic E-state index is -4.47. The Balaban J connectivity index is 1.43. The molecule has 31 heavy (non-hydrogen) atoms. The van der Waals surface area contributed by atoms with E-state index in [-0.39, 0.29) is 5.56 Å². The van der Waals surface area contributed by atoms with Crippen LogP contribution in [0.3, 0.4) is 0 Å². The molecule has 0 unspecified atom stereocenters. The van der Waals surface area contributed by atoms with Crippen molar-refractivity contribution in [2.75, 3.05) is 62.3 Å². The smallest absolute Gasteiger partial charge is 0.378 e. The summed E-state index contributed by atoms with van der Waals surface area (Å²) in [4.78, 5) is 27.7. The molecule has 0 bridgehead atoms. The van der Waals surface area contributed by atoms with E-state index in [0.29, 0.717) is 45.3 Å². The van der Waals surface area contributed by atoms with Gasteiger partial charge in [0.1, 0.15) is 5.82 Å². The van der Waals surface area contributed by atoms with E-state index < -0.39 is 17.6 Å². The molecule has 0 N–H and O–H groups in total. The largest absolute Gasteiger partial charge is 0.416 e. The number of benzene rings is 1. The van der Waals surface area contributed by atoms with Gasteiger partial charge in [0.2, 0.25) is 5.95 Å². The van der Waals surface area contributed by atoms with Crippen LogP contribution in [0.4, 0.5) is 24.9 Å². The fourth-order valence-electron chi connectivity index (χ4n) is 3.75.